The Hall–Kier alpha value is -2.02. The summed E-state index contributed by atoms with van der Waals surface area (Å²) < 4.78 is 18.1. The van der Waals surface area contributed by atoms with E-state index in [1.165, 1.54) is 103 Å². The molecule has 0 spiro atoms. The standard InChI is InChI=1S/C65H110N2O5/c1-43(2)16-14-18-46(6)54-24-26-56-52-22-20-48-40-50(28-33-62(48,8)58(52)30-35-64(54,56)10)71-60(68)66-37-12-13-38-70-39-32-45(5)42-67-61(69)72-51-29-34-63(9)49(41-51)21-23-53-57-27-25-55(47(7)19-15-17-44(3)4)65(57,11)36-31-59(53)63/h20-21,43-47,50-59H,12-19,22-42H2,1-11H3,(H,66,68)(H,67,69). The van der Waals surface area contributed by atoms with Crippen LogP contribution in [0.25, 0.3) is 0 Å². The first-order valence-electron chi connectivity index (χ1n) is 31.2. The Balaban J connectivity index is 0.665. The van der Waals surface area contributed by atoms with E-state index in [1.54, 1.807) is 11.1 Å². The van der Waals surface area contributed by atoms with Crippen LogP contribution in [0.3, 0.4) is 0 Å². The molecule has 0 bridgehead atoms. The molecule has 0 heterocycles. The molecule has 0 aliphatic heterocycles. The molecule has 8 aliphatic carbocycles. The lowest BCUT2D eigenvalue weighted by molar-refractivity contribution is -0.0581. The van der Waals surface area contributed by atoms with E-state index in [1.807, 2.05) is 0 Å². The molecule has 0 saturated heterocycles. The van der Waals surface area contributed by atoms with Crippen molar-refractivity contribution < 1.29 is 23.8 Å². The molecule has 72 heavy (non-hydrogen) atoms. The summed E-state index contributed by atoms with van der Waals surface area (Å²) in [7, 11) is 0. The fourth-order valence-corrected chi connectivity index (χ4v) is 19.2. The molecule has 17 atom stereocenters. The molecule has 6 saturated carbocycles. The highest BCUT2D eigenvalue weighted by atomic mass is 16.6. The van der Waals surface area contributed by atoms with Crippen molar-refractivity contribution in [3.63, 3.8) is 0 Å². The predicted molar refractivity (Wildman–Crippen MR) is 296 cm³/mol. The quantitative estimate of drug-likeness (QED) is 0.0834. The number of hydrogen-bond acceptors (Lipinski definition) is 5. The van der Waals surface area contributed by atoms with Gasteiger partial charge in [0.15, 0.2) is 0 Å². The van der Waals surface area contributed by atoms with E-state index in [4.69, 9.17) is 14.2 Å². The molecule has 0 aromatic carbocycles. The molecule has 6 fully saturated rings. The lowest BCUT2D eigenvalue weighted by atomic mass is 9.47. The van der Waals surface area contributed by atoms with Gasteiger partial charge in [-0.2, -0.15) is 0 Å². The van der Waals surface area contributed by atoms with Crippen molar-refractivity contribution >= 4 is 12.2 Å². The van der Waals surface area contributed by atoms with Crippen molar-refractivity contribution in [2.75, 3.05) is 26.3 Å². The van der Waals surface area contributed by atoms with Crippen molar-refractivity contribution in [1.82, 2.24) is 10.6 Å². The minimum atomic E-state index is -0.266. The van der Waals surface area contributed by atoms with Crippen LogP contribution in [0.5, 0.6) is 0 Å². The van der Waals surface area contributed by atoms with Crippen LogP contribution in [0.1, 0.15) is 237 Å². The van der Waals surface area contributed by atoms with Crippen LogP contribution in [-0.2, 0) is 14.2 Å². The van der Waals surface area contributed by atoms with Gasteiger partial charge in [-0.1, -0.05) is 138 Å². The number of carbonyl (C=O) groups is 2. The van der Waals surface area contributed by atoms with Crippen LogP contribution in [0, 0.1) is 98.6 Å². The second kappa shape index (κ2) is 24.1. The third-order valence-electron chi connectivity index (χ3n) is 23.4. The molecule has 8 rings (SSSR count). The lowest BCUT2D eigenvalue weighted by Crippen LogP contribution is -2.51. The van der Waals surface area contributed by atoms with Gasteiger partial charge in [-0.3, -0.25) is 0 Å². The highest BCUT2D eigenvalue weighted by Gasteiger charge is 2.61. The van der Waals surface area contributed by atoms with Gasteiger partial charge in [0.25, 0.3) is 0 Å². The fourth-order valence-electron chi connectivity index (χ4n) is 19.2. The fraction of sp³-hybridized carbons (Fsp3) is 0.908. The highest BCUT2D eigenvalue weighted by Crippen LogP contribution is 2.69. The number of allylic oxidation sites excluding steroid dienone is 2. The molecule has 7 heteroatoms. The molecule has 2 N–H and O–H groups in total. The van der Waals surface area contributed by atoms with Crippen LogP contribution in [-0.4, -0.2) is 50.7 Å². The second-order valence-electron chi connectivity index (χ2n) is 28.6. The Morgan fingerprint density at radius 3 is 1.51 bits per heavy atom. The lowest BCUT2D eigenvalue weighted by Gasteiger charge is -2.58. The molecule has 0 radical (unpaired) electrons. The van der Waals surface area contributed by atoms with E-state index in [2.05, 4.69) is 98.9 Å². The SMILES string of the molecule is CC(C)CCCC(C)C1CCC2C3CC=C4CC(OC(=O)NCCCCOCCC(C)CNC(=O)OC5CCC6(C)C(=CCC7C6CCC6(C)C(C(C)CCCC(C)C)CCC76)C5)CCC4(C)C3CCC12C. The normalized spacial score (nSPS) is 39.2. The molecule has 410 valence electrons. The van der Waals surface area contributed by atoms with E-state index >= 15 is 0 Å². The summed E-state index contributed by atoms with van der Waals surface area (Å²) in [4.78, 5) is 26.0. The van der Waals surface area contributed by atoms with Gasteiger partial charge in [0, 0.05) is 39.1 Å². The first-order chi connectivity index (χ1) is 34.4. The minimum Gasteiger partial charge on any atom is -0.446 e. The number of nitrogens with one attached hydrogen (secondary N) is 2. The molecule has 0 aromatic heterocycles. The van der Waals surface area contributed by atoms with Gasteiger partial charge in [0.05, 0.1) is 0 Å². The number of fused-ring (bicyclic) bond motifs is 10. The Bertz CT molecular complexity index is 1860. The van der Waals surface area contributed by atoms with E-state index < -0.39 is 0 Å². The molecule has 8 aliphatic rings. The average molecular weight is 1000 g/mol. The smallest absolute Gasteiger partial charge is 0.407 e. The summed E-state index contributed by atoms with van der Waals surface area (Å²) in [5.41, 5.74) is 4.71. The number of amides is 2. The molecule has 2 amide bonds. The zero-order chi connectivity index (χ0) is 51.4. The Morgan fingerprint density at radius 1 is 0.542 bits per heavy atom. The van der Waals surface area contributed by atoms with Crippen LogP contribution < -0.4 is 10.6 Å². The van der Waals surface area contributed by atoms with Gasteiger partial charge < -0.3 is 24.8 Å². The zero-order valence-corrected chi connectivity index (χ0v) is 48.4. The van der Waals surface area contributed by atoms with Crippen LogP contribution in [0.2, 0.25) is 0 Å². The predicted octanol–water partition coefficient (Wildman–Crippen LogP) is 17.1. The maximum Gasteiger partial charge on any atom is 0.407 e. The molecule has 0 aromatic rings. The van der Waals surface area contributed by atoms with E-state index in [0.717, 1.165) is 129 Å². The van der Waals surface area contributed by atoms with Gasteiger partial charge in [0.2, 0.25) is 0 Å². The average Bonchev–Trinajstić information content (AvgIpc) is 3.88. The van der Waals surface area contributed by atoms with Gasteiger partial charge in [-0.15, -0.1) is 0 Å². The molecule has 7 nitrogen and oxygen atoms in total. The third-order valence-corrected chi connectivity index (χ3v) is 23.4. The number of rotatable bonds is 22. The zero-order valence-electron chi connectivity index (χ0n) is 48.4. The monoisotopic (exact) mass is 999 g/mol. The molecule has 17 unspecified atom stereocenters. The topological polar surface area (TPSA) is 85.9 Å². The van der Waals surface area contributed by atoms with Crippen molar-refractivity contribution in [2.45, 2.75) is 249 Å². The number of unbranched alkanes of at least 4 members (excludes halogenated alkanes) is 1. The summed E-state index contributed by atoms with van der Waals surface area (Å²) in [6, 6.07) is 0. The van der Waals surface area contributed by atoms with E-state index in [0.29, 0.717) is 43.1 Å². The first-order valence-corrected chi connectivity index (χ1v) is 31.2. The van der Waals surface area contributed by atoms with E-state index in [9.17, 15) is 9.59 Å². The van der Waals surface area contributed by atoms with E-state index in [-0.39, 0.29) is 35.2 Å². The third kappa shape index (κ3) is 12.2. The van der Waals surface area contributed by atoms with Gasteiger partial charge >= 0.3 is 12.2 Å². The highest BCUT2D eigenvalue weighted by molar-refractivity contribution is 5.67. The molecular formula is C65H110N2O5. The van der Waals surface area contributed by atoms with Crippen molar-refractivity contribution in [3.8, 4) is 0 Å². The summed E-state index contributed by atoms with van der Waals surface area (Å²) >= 11 is 0. The maximum atomic E-state index is 13.1. The van der Waals surface area contributed by atoms with Gasteiger partial charge in [-0.25, -0.2) is 9.59 Å². The largest absolute Gasteiger partial charge is 0.446 e. The summed E-state index contributed by atoms with van der Waals surface area (Å²) in [5.74, 6) is 10.4. The Morgan fingerprint density at radius 2 is 1.03 bits per heavy atom. The Kier molecular flexibility index (Phi) is 18.8. The van der Waals surface area contributed by atoms with Crippen molar-refractivity contribution in [1.29, 1.82) is 0 Å². The maximum absolute atomic E-state index is 13.1. The summed E-state index contributed by atoms with van der Waals surface area (Å²) in [6.45, 7) is 29.9. The number of ether oxygens (including phenoxy) is 3. The number of hydrogen-bond donors (Lipinski definition) is 2. The van der Waals surface area contributed by atoms with Gasteiger partial charge in [-0.05, 0) is 208 Å². The minimum absolute atomic E-state index is 0.0166. The number of carbonyl (C=O) groups excluding carboxylic acids is 2. The Labute approximate surface area is 441 Å². The van der Waals surface area contributed by atoms with Crippen molar-refractivity contribution in [3.05, 3.63) is 23.3 Å². The second-order valence-corrected chi connectivity index (χ2v) is 28.6. The van der Waals surface area contributed by atoms with Crippen LogP contribution in [0.4, 0.5) is 9.59 Å². The summed E-state index contributed by atoms with van der Waals surface area (Å²) in [6.07, 6.45) is 35.4. The van der Waals surface area contributed by atoms with Gasteiger partial charge in [0.1, 0.15) is 12.2 Å². The van der Waals surface area contributed by atoms with Crippen molar-refractivity contribution in [2.24, 2.45) is 98.6 Å². The molecular weight excluding hydrogens is 889 g/mol. The summed E-state index contributed by atoms with van der Waals surface area (Å²) in [5, 5.41) is 6.12. The van der Waals surface area contributed by atoms with Crippen LogP contribution >= 0.6 is 0 Å². The first kappa shape index (κ1) is 56.2. The number of alkyl carbamates (subject to hydrolysis) is 2. The van der Waals surface area contributed by atoms with Crippen LogP contribution in [0.15, 0.2) is 23.3 Å².